The van der Waals surface area contributed by atoms with Crippen molar-refractivity contribution in [1.29, 1.82) is 0 Å². The first-order chi connectivity index (χ1) is 14.3. The van der Waals surface area contributed by atoms with Crippen molar-refractivity contribution in [3.63, 3.8) is 0 Å². The van der Waals surface area contributed by atoms with E-state index >= 15 is 0 Å². The maximum absolute atomic E-state index is 5.39. The van der Waals surface area contributed by atoms with Crippen molar-refractivity contribution in [2.45, 2.75) is 11.9 Å². The molecule has 0 amide bonds. The van der Waals surface area contributed by atoms with Crippen LogP contribution in [0.25, 0.3) is 0 Å². The number of hydrogen-bond acceptors (Lipinski definition) is 5. The standard InChI is InChI=1S/C22H21N5S2/c28-22(25-19-9-5-2-6-10-19)26-20-13-11-18(12-14-20)21-27(24-16-29-21)23-15-17-7-3-1-4-8-17/h1-14,16,21,23H,15H2,(H2,25,26,28). The van der Waals surface area contributed by atoms with Crippen LogP contribution in [0.15, 0.2) is 90.0 Å². The Balaban J connectivity index is 1.33. The Morgan fingerprint density at radius 2 is 1.48 bits per heavy atom. The van der Waals surface area contributed by atoms with Crippen LogP contribution in [0.4, 0.5) is 11.4 Å². The predicted molar refractivity (Wildman–Crippen MR) is 127 cm³/mol. The largest absolute Gasteiger partial charge is 0.332 e. The van der Waals surface area contributed by atoms with E-state index in [1.54, 1.807) is 11.8 Å². The second-order valence-corrected chi connectivity index (χ2v) is 7.78. The summed E-state index contributed by atoms with van der Waals surface area (Å²) in [5.41, 5.74) is 9.54. The number of para-hydroxylation sites is 1. The van der Waals surface area contributed by atoms with E-state index in [1.807, 2.05) is 71.3 Å². The first-order valence-electron chi connectivity index (χ1n) is 9.25. The van der Waals surface area contributed by atoms with Gasteiger partial charge in [0.2, 0.25) is 0 Å². The third-order valence-electron chi connectivity index (χ3n) is 4.36. The average Bonchev–Trinajstić information content (AvgIpc) is 3.23. The topological polar surface area (TPSA) is 51.7 Å². The average molecular weight is 420 g/mol. The second kappa shape index (κ2) is 9.56. The maximum atomic E-state index is 5.39. The van der Waals surface area contributed by atoms with E-state index in [-0.39, 0.29) is 5.37 Å². The van der Waals surface area contributed by atoms with Gasteiger partial charge in [-0.25, -0.2) is 10.5 Å². The molecule has 0 aliphatic carbocycles. The van der Waals surface area contributed by atoms with E-state index in [4.69, 9.17) is 12.2 Å². The van der Waals surface area contributed by atoms with Gasteiger partial charge in [0.25, 0.3) is 0 Å². The third-order valence-corrected chi connectivity index (χ3v) is 5.51. The number of hydrogen-bond donors (Lipinski definition) is 3. The zero-order valence-corrected chi connectivity index (χ0v) is 17.3. The number of hydrazone groups is 1. The van der Waals surface area contributed by atoms with Gasteiger partial charge < -0.3 is 10.6 Å². The van der Waals surface area contributed by atoms with E-state index in [2.05, 4.69) is 45.4 Å². The molecule has 7 heteroatoms. The molecule has 4 rings (SSSR count). The van der Waals surface area contributed by atoms with Gasteiger partial charge in [-0.05, 0) is 47.6 Å². The van der Waals surface area contributed by atoms with Gasteiger partial charge in [-0.1, -0.05) is 72.4 Å². The van der Waals surface area contributed by atoms with Crippen LogP contribution in [0, 0.1) is 0 Å². The fraction of sp³-hybridized carbons (Fsp3) is 0.0909. The number of nitrogens with one attached hydrogen (secondary N) is 3. The molecule has 5 nitrogen and oxygen atoms in total. The monoisotopic (exact) mass is 419 g/mol. The lowest BCUT2D eigenvalue weighted by Gasteiger charge is -2.24. The number of benzene rings is 3. The van der Waals surface area contributed by atoms with E-state index in [9.17, 15) is 0 Å². The zero-order chi connectivity index (χ0) is 19.9. The highest BCUT2D eigenvalue weighted by molar-refractivity contribution is 8.12. The van der Waals surface area contributed by atoms with Gasteiger partial charge in [-0.2, -0.15) is 5.10 Å². The van der Waals surface area contributed by atoms with Crippen LogP contribution in [0.2, 0.25) is 0 Å². The fourth-order valence-electron chi connectivity index (χ4n) is 2.91. The second-order valence-electron chi connectivity index (χ2n) is 6.44. The van der Waals surface area contributed by atoms with Gasteiger partial charge >= 0.3 is 0 Å². The van der Waals surface area contributed by atoms with Crippen molar-refractivity contribution in [2.75, 3.05) is 10.6 Å². The van der Waals surface area contributed by atoms with Crippen molar-refractivity contribution in [3.05, 3.63) is 96.1 Å². The molecule has 0 saturated carbocycles. The molecule has 3 aromatic rings. The number of nitrogens with zero attached hydrogens (tertiary/aromatic N) is 2. The highest BCUT2D eigenvalue weighted by Crippen LogP contribution is 2.35. The van der Waals surface area contributed by atoms with Crippen LogP contribution in [0.3, 0.4) is 0 Å². The van der Waals surface area contributed by atoms with Crippen LogP contribution in [-0.4, -0.2) is 15.8 Å². The van der Waals surface area contributed by atoms with E-state index in [1.165, 1.54) is 11.1 Å². The SMILES string of the molecule is S=C(Nc1ccccc1)Nc1ccc(C2SC=NN2NCc2ccccc2)cc1. The molecule has 146 valence electrons. The van der Waals surface area contributed by atoms with Gasteiger partial charge in [0, 0.05) is 17.9 Å². The summed E-state index contributed by atoms with van der Waals surface area (Å²) in [6, 6.07) is 28.4. The van der Waals surface area contributed by atoms with Gasteiger partial charge in [-0.3, -0.25) is 0 Å². The summed E-state index contributed by atoms with van der Waals surface area (Å²) in [5, 5.41) is 13.4. The molecule has 0 spiro atoms. The van der Waals surface area contributed by atoms with Crippen LogP contribution < -0.4 is 16.1 Å². The summed E-state index contributed by atoms with van der Waals surface area (Å²) >= 11 is 7.07. The molecule has 0 radical (unpaired) electrons. The highest BCUT2D eigenvalue weighted by Gasteiger charge is 2.23. The molecule has 29 heavy (non-hydrogen) atoms. The Hall–Kier alpha value is -2.87. The molecule has 3 N–H and O–H groups in total. The van der Waals surface area contributed by atoms with Gasteiger partial charge in [0.05, 0.1) is 5.55 Å². The molecule has 1 aliphatic rings. The lowest BCUT2D eigenvalue weighted by Crippen LogP contribution is -2.32. The Morgan fingerprint density at radius 3 is 2.17 bits per heavy atom. The normalized spacial score (nSPS) is 15.3. The zero-order valence-electron chi connectivity index (χ0n) is 15.7. The minimum absolute atomic E-state index is 0.0992. The molecule has 3 aromatic carbocycles. The van der Waals surface area contributed by atoms with E-state index < -0.39 is 0 Å². The first kappa shape index (κ1) is 19.4. The Kier molecular flexibility index (Phi) is 6.41. The molecule has 0 saturated heterocycles. The summed E-state index contributed by atoms with van der Waals surface area (Å²) in [5.74, 6) is 0. The highest BCUT2D eigenvalue weighted by atomic mass is 32.2. The van der Waals surface area contributed by atoms with Gasteiger partial charge in [-0.15, -0.1) is 0 Å². The lowest BCUT2D eigenvalue weighted by atomic mass is 10.2. The maximum Gasteiger partial charge on any atom is 0.175 e. The van der Waals surface area contributed by atoms with Crippen molar-refractivity contribution < 1.29 is 0 Å². The quantitative estimate of drug-likeness (QED) is 0.478. The third kappa shape index (κ3) is 5.35. The van der Waals surface area contributed by atoms with Gasteiger partial charge in [0.15, 0.2) is 5.11 Å². The van der Waals surface area contributed by atoms with Crippen LogP contribution in [-0.2, 0) is 6.54 Å². The fourth-order valence-corrected chi connectivity index (χ4v) is 3.98. The van der Waals surface area contributed by atoms with Crippen LogP contribution in [0.5, 0.6) is 0 Å². The van der Waals surface area contributed by atoms with E-state index in [0.717, 1.165) is 17.9 Å². The molecule has 0 bridgehead atoms. The first-order valence-corrected chi connectivity index (χ1v) is 10.6. The van der Waals surface area contributed by atoms with Crippen molar-refractivity contribution in [3.8, 4) is 0 Å². The molecule has 0 aromatic heterocycles. The van der Waals surface area contributed by atoms with Crippen molar-refractivity contribution >= 4 is 46.0 Å². The molecule has 1 heterocycles. The number of thioether (sulfide) groups is 1. The Labute approximate surface area is 180 Å². The number of anilines is 2. The Morgan fingerprint density at radius 1 is 0.862 bits per heavy atom. The van der Waals surface area contributed by atoms with E-state index in [0.29, 0.717) is 5.11 Å². The summed E-state index contributed by atoms with van der Waals surface area (Å²) < 4.78 is 0. The lowest BCUT2D eigenvalue weighted by molar-refractivity contribution is 0.184. The minimum Gasteiger partial charge on any atom is -0.332 e. The summed E-state index contributed by atoms with van der Waals surface area (Å²) in [4.78, 5) is 0. The molecule has 0 fully saturated rings. The minimum atomic E-state index is 0.0992. The molecule has 1 atom stereocenters. The summed E-state index contributed by atoms with van der Waals surface area (Å²) in [7, 11) is 0. The smallest absolute Gasteiger partial charge is 0.175 e. The molecular weight excluding hydrogens is 398 g/mol. The molecular formula is C22H21N5S2. The summed E-state index contributed by atoms with van der Waals surface area (Å²) in [6.45, 7) is 0.730. The van der Waals surface area contributed by atoms with Crippen molar-refractivity contribution in [1.82, 2.24) is 10.5 Å². The van der Waals surface area contributed by atoms with Crippen LogP contribution in [0.1, 0.15) is 16.5 Å². The Bertz CT molecular complexity index is 962. The van der Waals surface area contributed by atoms with Gasteiger partial charge in [0.1, 0.15) is 5.37 Å². The molecule has 1 aliphatic heterocycles. The van der Waals surface area contributed by atoms with Crippen molar-refractivity contribution in [2.24, 2.45) is 5.10 Å². The van der Waals surface area contributed by atoms with Crippen LogP contribution >= 0.6 is 24.0 Å². The number of thiocarbonyl (C=S) groups is 1. The predicted octanol–water partition coefficient (Wildman–Crippen LogP) is 5.19. The molecule has 1 unspecified atom stereocenters. The number of rotatable bonds is 6. The number of hydrazine groups is 1. The summed E-state index contributed by atoms with van der Waals surface area (Å²) in [6.07, 6.45) is 0.